The van der Waals surface area contributed by atoms with Crippen LogP contribution in [0.5, 0.6) is 0 Å². The molecule has 0 aromatic carbocycles. The maximum atomic E-state index is 12.2. The van der Waals surface area contributed by atoms with E-state index in [1.54, 1.807) is 6.26 Å². The molecule has 0 radical (unpaired) electrons. The number of rotatable bonds is 8. The van der Waals surface area contributed by atoms with E-state index in [4.69, 9.17) is 4.42 Å². The summed E-state index contributed by atoms with van der Waals surface area (Å²) < 4.78 is 33.9. The van der Waals surface area contributed by atoms with Gasteiger partial charge in [0.2, 0.25) is 0 Å². The summed E-state index contributed by atoms with van der Waals surface area (Å²) >= 11 is 0. The third-order valence-corrected chi connectivity index (χ3v) is 5.89. The van der Waals surface area contributed by atoms with E-state index in [0.717, 1.165) is 38.2 Å². The minimum Gasteiger partial charge on any atom is -0.468 e. The Hall–Kier alpha value is -0.890. The lowest BCUT2D eigenvalue weighted by molar-refractivity contribution is 0.158. The van der Waals surface area contributed by atoms with E-state index in [9.17, 15) is 8.42 Å². The molecule has 0 spiro atoms. The highest BCUT2D eigenvalue weighted by atomic mass is 32.2. The highest BCUT2D eigenvalue weighted by Gasteiger charge is 2.24. The molecular formula is C15H27N3O3S. The normalized spacial score (nSPS) is 20.6. The molecule has 1 N–H and O–H groups in total. The molecule has 7 heteroatoms. The topological polar surface area (TPSA) is 65.8 Å². The van der Waals surface area contributed by atoms with Crippen LogP contribution in [0.25, 0.3) is 0 Å². The zero-order valence-corrected chi connectivity index (χ0v) is 14.3. The Morgan fingerprint density at radius 1 is 1.41 bits per heavy atom. The van der Waals surface area contributed by atoms with Gasteiger partial charge in [-0.1, -0.05) is 13.8 Å². The first-order chi connectivity index (χ1) is 10.5. The molecule has 2 rings (SSSR count). The first-order valence-electron chi connectivity index (χ1n) is 8.04. The van der Waals surface area contributed by atoms with Crippen molar-refractivity contribution in [3.05, 3.63) is 24.2 Å². The van der Waals surface area contributed by atoms with Gasteiger partial charge >= 0.3 is 0 Å². The minimum absolute atomic E-state index is 0.356. The Labute approximate surface area is 133 Å². The van der Waals surface area contributed by atoms with Crippen molar-refractivity contribution >= 4 is 10.2 Å². The summed E-state index contributed by atoms with van der Waals surface area (Å²) in [6, 6.07) is 3.88. The van der Waals surface area contributed by atoms with Crippen LogP contribution in [-0.4, -0.2) is 50.3 Å². The van der Waals surface area contributed by atoms with Crippen LogP contribution < -0.4 is 4.72 Å². The second-order valence-electron chi connectivity index (χ2n) is 5.76. The molecule has 1 aromatic heterocycles. The van der Waals surface area contributed by atoms with Gasteiger partial charge in [0.15, 0.2) is 0 Å². The summed E-state index contributed by atoms with van der Waals surface area (Å²) in [6.45, 7) is 7.96. The molecule has 1 aromatic rings. The van der Waals surface area contributed by atoms with E-state index < -0.39 is 10.2 Å². The molecule has 0 unspecified atom stereocenters. The second kappa shape index (κ2) is 8.10. The van der Waals surface area contributed by atoms with Crippen LogP contribution >= 0.6 is 0 Å². The Kier molecular flexibility index (Phi) is 6.43. The summed E-state index contributed by atoms with van der Waals surface area (Å²) in [7, 11) is -3.34. The van der Waals surface area contributed by atoms with Gasteiger partial charge in [0.1, 0.15) is 5.76 Å². The predicted octanol–water partition coefficient (Wildman–Crippen LogP) is 1.67. The van der Waals surface area contributed by atoms with E-state index in [1.165, 1.54) is 4.31 Å². The first-order valence-corrected chi connectivity index (χ1v) is 9.48. The molecular weight excluding hydrogens is 302 g/mol. The molecule has 126 valence electrons. The molecule has 0 amide bonds. The number of piperidine rings is 1. The maximum absolute atomic E-state index is 12.2. The van der Waals surface area contributed by atoms with Gasteiger partial charge in [0, 0.05) is 26.2 Å². The van der Waals surface area contributed by atoms with Gasteiger partial charge < -0.3 is 4.42 Å². The lowest BCUT2D eigenvalue weighted by atomic mass is 9.98. The fraction of sp³-hybridized carbons (Fsp3) is 0.733. The van der Waals surface area contributed by atoms with Crippen molar-refractivity contribution in [1.82, 2.24) is 13.9 Å². The van der Waals surface area contributed by atoms with Gasteiger partial charge in [0.25, 0.3) is 10.2 Å². The van der Waals surface area contributed by atoms with E-state index in [0.29, 0.717) is 25.6 Å². The molecule has 0 aliphatic carbocycles. The van der Waals surface area contributed by atoms with Crippen LogP contribution in [0.2, 0.25) is 0 Å². The van der Waals surface area contributed by atoms with Crippen molar-refractivity contribution < 1.29 is 12.8 Å². The zero-order chi connectivity index (χ0) is 16.0. The van der Waals surface area contributed by atoms with Crippen LogP contribution in [-0.2, 0) is 16.8 Å². The molecule has 1 atom stereocenters. The largest absolute Gasteiger partial charge is 0.468 e. The fourth-order valence-corrected chi connectivity index (χ4v) is 4.27. The number of nitrogens with zero attached hydrogens (tertiary/aromatic N) is 2. The smallest absolute Gasteiger partial charge is 0.279 e. The summed E-state index contributed by atoms with van der Waals surface area (Å²) in [5, 5.41) is 0. The Morgan fingerprint density at radius 2 is 2.18 bits per heavy atom. The van der Waals surface area contributed by atoms with Crippen molar-refractivity contribution in [2.45, 2.75) is 33.2 Å². The molecule has 0 bridgehead atoms. The number of furan rings is 1. The lowest BCUT2D eigenvalue weighted by Gasteiger charge is -2.32. The molecule has 1 aliphatic rings. The average Bonchev–Trinajstić information content (AvgIpc) is 3.00. The fourth-order valence-electron chi connectivity index (χ4n) is 2.96. The third-order valence-electron chi connectivity index (χ3n) is 4.16. The van der Waals surface area contributed by atoms with Crippen LogP contribution in [0.1, 0.15) is 32.4 Å². The van der Waals surface area contributed by atoms with Crippen molar-refractivity contribution in [3.63, 3.8) is 0 Å². The summed E-state index contributed by atoms with van der Waals surface area (Å²) in [6.07, 6.45) is 3.85. The third kappa shape index (κ3) is 4.81. The number of nitrogens with one attached hydrogen (secondary N) is 1. The Balaban J connectivity index is 1.83. The van der Waals surface area contributed by atoms with Gasteiger partial charge in [0.05, 0.1) is 12.8 Å². The molecule has 1 aliphatic heterocycles. The zero-order valence-electron chi connectivity index (χ0n) is 13.5. The van der Waals surface area contributed by atoms with Gasteiger partial charge in [-0.15, -0.1) is 0 Å². The first kappa shape index (κ1) is 17.5. The average molecular weight is 329 g/mol. The summed E-state index contributed by atoms with van der Waals surface area (Å²) in [4.78, 5) is 2.33. The molecule has 1 saturated heterocycles. The quantitative estimate of drug-likeness (QED) is 0.788. The number of hydrogen-bond donors (Lipinski definition) is 1. The lowest BCUT2D eigenvalue weighted by Crippen LogP contribution is -2.45. The van der Waals surface area contributed by atoms with Gasteiger partial charge in [-0.05, 0) is 37.4 Å². The van der Waals surface area contributed by atoms with Crippen molar-refractivity contribution in [2.24, 2.45) is 5.92 Å². The van der Waals surface area contributed by atoms with E-state index >= 15 is 0 Å². The van der Waals surface area contributed by atoms with E-state index in [-0.39, 0.29) is 0 Å². The molecule has 2 heterocycles. The Morgan fingerprint density at radius 3 is 2.82 bits per heavy atom. The van der Waals surface area contributed by atoms with Crippen molar-refractivity contribution in [3.8, 4) is 0 Å². The van der Waals surface area contributed by atoms with E-state index in [2.05, 4.69) is 9.62 Å². The summed E-state index contributed by atoms with van der Waals surface area (Å²) in [5.74, 6) is 1.32. The number of hydrogen-bond acceptors (Lipinski definition) is 4. The van der Waals surface area contributed by atoms with Crippen molar-refractivity contribution in [1.29, 1.82) is 0 Å². The van der Waals surface area contributed by atoms with Crippen LogP contribution in [0.4, 0.5) is 0 Å². The van der Waals surface area contributed by atoms with Crippen LogP contribution in [0.3, 0.4) is 0 Å². The predicted molar refractivity (Wildman–Crippen MR) is 86.6 cm³/mol. The van der Waals surface area contributed by atoms with Gasteiger partial charge in [-0.3, -0.25) is 4.90 Å². The van der Waals surface area contributed by atoms with E-state index in [1.807, 2.05) is 26.0 Å². The molecule has 22 heavy (non-hydrogen) atoms. The maximum Gasteiger partial charge on any atom is 0.279 e. The van der Waals surface area contributed by atoms with Crippen LogP contribution in [0.15, 0.2) is 22.8 Å². The van der Waals surface area contributed by atoms with Crippen LogP contribution in [0, 0.1) is 5.92 Å². The summed E-state index contributed by atoms with van der Waals surface area (Å²) in [5.41, 5.74) is 0. The molecule has 6 nitrogen and oxygen atoms in total. The highest BCUT2D eigenvalue weighted by Crippen LogP contribution is 2.18. The number of likely N-dealkylation sites (tertiary alicyclic amines) is 1. The standard InChI is InChI=1S/C15H27N3O3S/c1-3-18(4-2)22(19,20)16-11-14-7-5-9-17(12-14)13-15-8-6-10-21-15/h6,8,10,14,16H,3-5,7,9,11-13H2,1-2H3/t14-/m1/s1. The second-order valence-corrected chi connectivity index (χ2v) is 7.52. The molecule has 1 fully saturated rings. The SMILES string of the molecule is CCN(CC)S(=O)(=O)NC[C@H]1CCCN(Cc2ccco2)C1. The minimum atomic E-state index is -3.34. The monoisotopic (exact) mass is 329 g/mol. The van der Waals surface area contributed by atoms with Crippen molar-refractivity contribution in [2.75, 3.05) is 32.7 Å². The highest BCUT2D eigenvalue weighted by molar-refractivity contribution is 7.87. The molecule has 0 saturated carbocycles. The van der Waals surface area contributed by atoms with Gasteiger partial charge in [-0.25, -0.2) is 4.72 Å². The Bertz CT molecular complexity index is 526. The van der Waals surface area contributed by atoms with Gasteiger partial charge in [-0.2, -0.15) is 12.7 Å².